The van der Waals surface area contributed by atoms with Gasteiger partial charge in [-0.15, -0.1) is 0 Å². The average Bonchev–Trinajstić information content (AvgIpc) is 2.28. The Bertz CT molecular complexity index is 414. The molecule has 0 atom stereocenters. The highest BCUT2D eigenvalue weighted by molar-refractivity contribution is 6.31. The van der Waals surface area contributed by atoms with Gasteiger partial charge in [0, 0.05) is 29.4 Å². The number of nitrogens with zero attached hydrogens (tertiary/aromatic N) is 1. The van der Waals surface area contributed by atoms with Crippen molar-refractivity contribution < 1.29 is 5.11 Å². The van der Waals surface area contributed by atoms with Gasteiger partial charge in [-0.3, -0.25) is 0 Å². The molecule has 0 fully saturated rings. The Hall–Kier alpha value is -0.990. The van der Waals surface area contributed by atoms with Gasteiger partial charge in [-0.2, -0.15) is 0 Å². The molecule has 0 spiro atoms. The lowest BCUT2D eigenvalue weighted by Crippen LogP contribution is -2.30. The summed E-state index contributed by atoms with van der Waals surface area (Å²) >= 11 is 6.08. The first-order valence-electron chi connectivity index (χ1n) is 5.51. The third-order valence-corrected chi connectivity index (χ3v) is 3.28. The summed E-state index contributed by atoms with van der Waals surface area (Å²) in [4.78, 5) is 2.27. The van der Waals surface area contributed by atoms with Crippen LogP contribution in [0.3, 0.4) is 0 Å². The van der Waals surface area contributed by atoms with Crippen LogP contribution in [0.1, 0.15) is 18.9 Å². The highest BCUT2D eigenvalue weighted by Crippen LogP contribution is 2.29. The van der Waals surface area contributed by atoms with Crippen molar-refractivity contribution >= 4 is 17.3 Å². The molecule has 16 heavy (non-hydrogen) atoms. The maximum absolute atomic E-state index is 9.37. The largest absolute Gasteiger partial charge is 0.392 e. The van der Waals surface area contributed by atoms with E-state index in [0.29, 0.717) is 5.02 Å². The van der Waals surface area contributed by atoms with Gasteiger partial charge in [0.2, 0.25) is 0 Å². The van der Waals surface area contributed by atoms with Crippen LogP contribution in [-0.2, 0) is 6.61 Å². The van der Waals surface area contributed by atoms with E-state index in [2.05, 4.69) is 17.9 Å². The van der Waals surface area contributed by atoms with Crippen molar-refractivity contribution in [2.75, 3.05) is 18.0 Å². The van der Waals surface area contributed by atoms with Crippen LogP contribution >= 0.6 is 11.6 Å². The highest BCUT2D eigenvalue weighted by atomic mass is 35.5. The van der Waals surface area contributed by atoms with Gasteiger partial charge >= 0.3 is 0 Å². The van der Waals surface area contributed by atoms with E-state index >= 15 is 0 Å². The molecule has 1 N–H and O–H groups in total. The SMILES string of the molecule is CC1=CCCN(c2cccc(Cl)c2CO)C1. The summed E-state index contributed by atoms with van der Waals surface area (Å²) in [5.74, 6) is 0. The van der Waals surface area contributed by atoms with E-state index in [4.69, 9.17) is 11.6 Å². The zero-order chi connectivity index (χ0) is 11.5. The van der Waals surface area contributed by atoms with E-state index in [1.807, 2.05) is 18.2 Å². The van der Waals surface area contributed by atoms with Gasteiger partial charge < -0.3 is 10.0 Å². The molecule has 0 radical (unpaired) electrons. The third-order valence-electron chi connectivity index (χ3n) is 2.93. The topological polar surface area (TPSA) is 23.5 Å². The molecule has 86 valence electrons. The Morgan fingerprint density at radius 1 is 1.44 bits per heavy atom. The summed E-state index contributed by atoms with van der Waals surface area (Å²) in [5.41, 5.74) is 3.26. The van der Waals surface area contributed by atoms with Gasteiger partial charge in [0.15, 0.2) is 0 Å². The number of anilines is 1. The van der Waals surface area contributed by atoms with Crippen LogP contribution in [0.25, 0.3) is 0 Å². The second kappa shape index (κ2) is 4.89. The number of aliphatic hydroxyl groups excluding tert-OH is 1. The van der Waals surface area contributed by atoms with Crippen LogP contribution in [0.15, 0.2) is 29.8 Å². The maximum Gasteiger partial charge on any atom is 0.0716 e. The van der Waals surface area contributed by atoms with Gasteiger partial charge in [0.25, 0.3) is 0 Å². The molecule has 0 saturated heterocycles. The Morgan fingerprint density at radius 2 is 2.25 bits per heavy atom. The lowest BCUT2D eigenvalue weighted by molar-refractivity contribution is 0.282. The first kappa shape index (κ1) is 11.5. The fraction of sp³-hybridized carbons (Fsp3) is 0.385. The molecular formula is C13H16ClNO. The average molecular weight is 238 g/mol. The molecule has 2 nitrogen and oxygen atoms in total. The van der Waals surface area contributed by atoms with E-state index in [1.54, 1.807) is 0 Å². The fourth-order valence-electron chi connectivity index (χ4n) is 2.12. The lowest BCUT2D eigenvalue weighted by atomic mass is 10.1. The molecule has 1 aromatic rings. The number of halogens is 1. The van der Waals surface area contributed by atoms with Crippen molar-refractivity contribution in [1.29, 1.82) is 0 Å². The van der Waals surface area contributed by atoms with E-state index in [0.717, 1.165) is 30.8 Å². The Labute approximate surface area is 101 Å². The van der Waals surface area contributed by atoms with Crippen molar-refractivity contribution in [2.45, 2.75) is 20.0 Å². The highest BCUT2D eigenvalue weighted by Gasteiger charge is 2.15. The van der Waals surface area contributed by atoms with Gasteiger partial charge in [-0.05, 0) is 25.5 Å². The van der Waals surface area contributed by atoms with Crippen LogP contribution in [0.5, 0.6) is 0 Å². The number of hydrogen-bond donors (Lipinski definition) is 1. The van der Waals surface area contributed by atoms with Crippen LogP contribution in [0, 0.1) is 0 Å². The van der Waals surface area contributed by atoms with Crippen LogP contribution < -0.4 is 4.90 Å². The summed E-state index contributed by atoms with van der Waals surface area (Å²) in [7, 11) is 0. The molecule has 0 bridgehead atoms. The minimum absolute atomic E-state index is 0.00569. The van der Waals surface area contributed by atoms with Crippen molar-refractivity contribution in [1.82, 2.24) is 0 Å². The Kier molecular flexibility index (Phi) is 3.52. The Morgan fingerprint density at radius 3 is 2.94 bits per heavy atom. The third kappa shape index (κ3) is 2.23. The normalized spacial score (nSPS) is 16.2. The van der Waals surface area contributed by atoms with Crippen LogP contribution in [-0.4, -0.2) is 18.2 Å². The van der Waals surface area contributed by atoms with E-state index in [1.165, 1.54) is 5.57 Å². The molecule has 0 aromatic heterocycles. The number of benzene rings is 1. The molecule has 0 unspecified atom stereocenters. The van der Waals surface area contributed by atoms with Crippen molar-refractivity contribution in [3.8, 4) is 0 Å². The number of rotatable bonds is 2. The van der Waals surface area contributed by atoms with E-state index < -0.39 is 0 Å². The standard InChI is InChI=1S/C13H16ClNO/c1-10-4-3-7-15(8-10)13-6-2-5-12(14)11(13)9-16/h2,4-6,16H,3,7-9H2,1H3. The first-order chi connectivity index (χ1) is 7.72. The summed E-state index contributed by atoms with van der Waals surface area (Å²) in [6, 6.07) is 5.78. The number of aliphatic hydroxyl groups is 1. The zero-order valence-electron chi connectivity index (χ0n) is 9.41. The van der Waals surface area contributed by atoms with Crippen LogP contribution in [0.4, 0.5) is 5.69 Å². The predicted molar refractivity (Wildman–Crippen MR) is 68.0 cm³/mol. The smallest absolute Gasteiger partial charge is 0.0716 e. The molecule has 0 saturated carbocycles. The van der Waals surface area contributed by atoms with Gasteiger partial charge in [-0.25, -0.2) is 0 Å². The van der Waals surface area contributed by atoms with E-state index in [-0.39, 0.29) is 6.61 Å². The summed E-state index contributed by atoms with van der Waals surface area (Å²) in [6.45, 7) is 4.04. The molecule has 1 aliphatic heterocycles. The minimum Gasteiger partial charge on any atom is -0.392 e. The van der Waals surface area contributed by atoms with Gasteiger partial charge in [-0.1, -0.05) is 29.3 Å². The summed E-state index contributed by atoms with van der Waals surface area (Å²) in [6.07, 6.45) is 3.32. The molecule has 0 amide bonds. The van der Waals surface area contributed by atoms with Crippen molar-refractivity contribution in [3.05, 3.63) is 40.4 Å². The zero-order valence-corrected chi connectivity index (χ0v) is 10.2. The minimum atomic E-state index is -0.00569. The number of hydrogen-bond acceptors (Lipinski definition) is 2. The molecule has 1 aliphatic rings. The van der Waals surface area contributed by atoms with Crippen molar-refractivity contribution in [2.24, 2.45) is 0 Å². The van der Waals surface area contributed by atoms with Crippen LogP contribution in [0.2, 0.25) is 5.02 Å². The molecule has 3 heteroatoms. The van der Waals surface area contributed by atoms with Gasteiger partial charge in [0.1, 0.15) is 0 Å². The molecular weight excluding hydrogens is 222 g/mol. The maximum atomic E-state index is 9.37. The second-order valence-corrected chi connectivity index (χ2v) is 4.56. The predicted octanol–water partition coefficient (Wildman–Crippen LogP) is 2.99. The van der Waals surface area contributed by atoms with Crippen molar-refractivity contribution in [3.63, 3.8) is 0 Å². The quantitative estimate of drug-likeness (QED) is 0.800. The first-order valence-corrected chi connectivity index (χ1v) is 5.89. The summed E-state index contributed by atoms with van der Waals surface area (Å²) < 4.78 is 0. The van der Waals surface area contributed by atoms with Gasteiger partial charge in [0.05, 0.1) is 6.61 Å². The second-order valence-electron chi connectivity index (χ2n) is 4.16. The van der Waals surface area contributed by atoms with E-state index in [9.17, 15) is 5.11 Å². The summed E-state index contributed by atoms with van der Waals surface area (Å²) in [5, 5.41) is 10.0. The fourth-order valence-corrected chi connectivity index (χ4v) is 2.35. The molecule has 0 aliphatic carbocycles. The monoisotopic (exact) mass is 237 g/mol. The Balaban J connectivity index is 2.33. The molecule has 1 aromatic carbocycles. The molecule has 1 heterocycles. The molecule has 2 rings (SSSR count). The lowest BCUT2D eigenvalue weighted by Gasteiger charge is -2.30.